The van der Waals surface area contributed by atoms with Gasteiger partial charge in [0.1, 0.15) is 6.54 Å². The van der Waals surface area contributed by atoms with Gasteiger partial charge in [0.15, 0.2) is 0 Å². The highest BCUT2D eigenvalue weighted by Gasteiger charge is 2.37. The van der Waals surface area contributed by atoms with E-state index in [1.165, 1.54) is 0 Å². The second-order valence-electron chi connectivity index (χ2n) is 5.71. The van der Waals surface area contributed by atoms with Gasteiger partial charge in [-0.05, 0) is 30.6 Å². The Morgan fingerprint density at radius 3 is 2.65 bits per heavy atom. The van der Waals surface area contributed by atoms with Gasteiger partial charge < -0.3 is 10.4 Å². The number of carboxylic acid groups (broad SMARTS) is 1. The van der Waals surface area contributed by atoms with E-state index in [-0.39, 0.29) is 23.8 Å². The third kappa shape index (κ3) is 3.72. The predicted octanol–water partition coefficient (Wildman–Crippen LogP) is 2.04. The molecule has 2 atom stereocenters. The summed E-state index contributed by atoms with van der Waals surface area (Å²) in [5.41, 5.74) is 0.212. The van der Waals surface area contributed by atoms with Gasteiger partial charge >= 0.3 is 5.97 Å². The third-order valence-electron chi connectivity index (χ3n) is 4.19. The number of carbonyl (C=O) groups excluding carboxylic acids is 1. The first-order valence-electron chi connectivity index (χ1n) is 6.34. The molecule has 4 nitrogen and oxygen atoms in total. The number of carbonyl (C=O) groups is 2. The van der Waals surface area contributed by atoms with Crippen molar-refractivity contribution in [3.05, 3.63) is 0 Å². The van der Waals surface area contributed by atoms with E-state index in [1.807, 2.05) is 0 Å². The van der Waals surface area contributed by atoms with Crippen molar-refractivity contribution in [1.29, 1.82) is 0 Å². The molecule has 98 valence electrons. The van der Waals surface area contributed by atoms with Crippen LogP contribution >= 0.6 is 0 Å². The number of hydrogen-bond acceptors (Lipinski definition) is 2. The monoisotopic (exact) mass is 241 g/mol. The summed E-state index contributed by atoms with van der Waals surface area (Å²) in [5.74, 6) is -0.548. The predicted molar refractivity (Wildman–Crippen MR) is 65.5 cm³/mol. The van der Waals surface area contributed by atoms with Gasteiger partial charge in [-0.2, -0.15) is 0 Å². The van der Waals surface area contributed by atoms with Crippen LogP contribution in [0.4, 0.5) is 0 Å². The fourth-order valence-electron chi connectivity index (χ4n) is 2.57. The number of carboxylic acids is 1. The minimum Gasteiger partial charge on any atom is -0.480 e. The highest BCUT2D eigenvalue weighted by atomic mass is 16.4. The molecule has 0 spiro atoms. The highest BCUT2D eigenvalue weighted by Crippen LogP contribution is 2.44. The first kappa shape index (κ1) is 14.0. The number of aliphatic carboxylic acids is 1. The summed E-state index contributed by atoms with van der Waals surface area (Å²) < 4.78 is 0. The molecular formula is C13H23NO3. The van der Waals surface area contributed by atoms with E-state index in [1.54, 1.807) is 0 Å². The molecular weight excluding hydrogens is 218 g/mol. The van der Waals surface area contributed by atoms with Crippen molar-refractivity contribution in [2.24, 2.45) is 17.3 Å². The van der Waals surface area contributed by atoms with Gasteiger partial charge in [-0.1, -0.05) is 27.2 Å². The van der Waals surface area contributed by atoms with Gasteiger partial charge in [0.25, 0.3) is 0 Å². The van der Waals surface area contributed by atoms with E-state index in [0.717, 1.165) is 25.7 Å². The van der Waals surface area contributed by atoms with Gasteiger partial charge in [0.2, 0.25) is 5.91 Å². The van der Waals surface area contributed by atoms with Crippen molar-refractivity contribution in [3.63, 3.8) is 0 Å². The Labute approximate surface area is 103 Å². The molecule has 0 radical (unpaired) electrons. The molecule has 0 aromatic heterocycles. The van der Waals surface area contributed by atoms with Crippen molar-refractivity contribution in [1.82, 2.24) is 5.32 Å². The molecule has 4 heteroatoms. The Morgan fingerprint density at radius 2 is 2.12 bits per heavy atom. The maximum atomic E-state index is 11.8. The van der Waals surface area contributed by atoms with Crippen LogP contribution in [0.25, 0.3) is 0 Å². The quantitative estimate of drug-likeness (QED) is 0.791. The van der Waals surface area contributed by atoms with Crippen LogP contribution < -0.4 is 5.32 Å². The Morgan fingerprint density at radius 1 is 1.47 bits per heavy atom. The summed E-state index contributed by atoms with van der Waals surface area (Å²) in [4.78, 5) is 22.2. The molecule has 1 amide bonds. The van der Waals surface area contributed by atoms with Gasteiger partial charge in [-0.3, -0.25) is 9.59 Å². The van der Waals surface area contributed by atoms with Crippen LogP contribution in [0.5, 0.6) is 0 Å². The lowest BCUT2D eigenvalue weighted by molar-refractivity contribution is -0.139. The van der Waals surface area contributed by atoms with Crippen LogP contribution in [-0.2, 0) is 9.59 Å². The maximum absolute atomic E-state index is 11.8. The van der Waals surface area contributed by atoms with Gasteiger partial charge in [0.05, 0.1) is 0 Å². The van der Waals surface area contributed by atoms with Gasteiger partial charge in [0, 0.05) is 5.92 Å². The Hall–Kier alpha value is -1.06. The number of rotatable bonds is 4. The Balaban J connectivity index is 2.54. The number of hydrogen-bond donors (Lipinski definition) is 2. The average Bonchev–Trinajstić information content (AvgIpc) is 2.25. The van der Waals surface area contributed by atoms with Crippen molar-refractivity contribution < 1.29 is 14.7 Å². The van der Waals surface area contributed by atoms with E-state index in [4.69, 9.17) is 5.11 Å². The summed E-state index contributed by atoms with van der Waals surface area (Å²) in [7, 11) is 0. The first-order valence-corrected chi connectivity index (χ1v) is 6.34. The molecule has 1 rings (SSSR count). The molecule has 2 N–H and O–H groups in total. The minimum atomic E-state index is -0.985. The summed E-state index contributed by atoms with van der Waals surface area (Å²) >= 11 is 0. The summed E-state index contributed by atoms with van der Waals surface area (Å²) in [6.07, 6.45) is 3.97. The number of amides is 1. The molecule has 1 aliphatic carbocycles. The minimum absolute atomic E-state index is 0.0181. The van der Waals surface area contributed by atoms with Crippen molar-refractivity contribution in [3.8, 4) is 0 Å². The van der Waals surface area contributed by atoms with Crippen molar-refractivity contribution in [2.45, 2.75) is 46.5 Å². The second-order valence-corrected chi connectivity index (χ2v) is 5.71. The fourth-order valence-corrected chi connectivity index (χ4v) is 2.57. The van der Waals surface area contributed by atoms with Crippen LogP contribution in [0.3, 0.4) is 0 Å². The maximum Gasteiger partial charge on any atom is 0.322 e. The van der Waals surface area contributed by atoms with Crippen LogP contribution in [0.1, 0.15) is 46.5 Å². The molecule has 1 aliphatic rings. The van der Waals surface area contributed by atoms with Crippen molar-refractivity contribution in [2.75, 3.05) is 6.54 Å². The van der Waals surface area contributed by atoms with Crippen LogP contribution in [-0.4, -0.2) is 23.5 Å². The molecule has 17 heavy (non-hydrogen) atoms. The molecule has 0 heterocycles. The third-order valence-corrected chi connectivity index (χ3v) is 4.19. The topological polar surface area (TPSA) is 66.4 Å². The molecule has 0 bridgehead atoms. The first-order chi connectivity index (χ1) is 7.85. The SMILES string of the molecule is CC(C)C1(C)CCCC(C(=O)NCC(=O)O)C1. The van der Waals surface area contributed by atoms with E-state index in [0.29, 0.717) is 5.92 Å². The van der Waals surface area contributed by atoms with E-state index >= 15 is 0 Å². The molecule has 0 saturated heterocycles. The lowest BCUT2D eigenvalue weighted by Gasteiger charge is -2.40. The van der Waals surface area contributed by atoms with Crippen LogP contribution in [0.15, 0.2) is 0 Å². The fraction of sp³-hybridized carbons (Fsp3) is 0.846. The summed E-state index contributed by atoms with van der Waals surface area (Å²) in [6.45, 7) is 6.34. The van der Waals surface area contributed by atoms with Crippen molar-refractivity contribution >= 4 is 11.9 Å². The zero-order chi connectivity index (χ0) is 13.1. The van der Waals surface area contributed by atoms with Gasteiger partial charge in [-0.15, -0.1) is 0 Å². The lowest BCUT2D eigenvalue weighted by Crippen LogP contribution is -2.40. The average molecular weight is 241 g/mol. The zero-order valence-corrected chi connectivity index (χ0v) is 11.0. The second kappa shape index (κ2) is 5.52. The molecule has 1 fully saturated rings. The smallest absolute Gasteiger partial charge is 0.322 e. The van der Waals surface area contributed by atoms with Crippen LogP contribution in [0.2, 0.25) is 0 Å². The van der Waals surface area contributed by atoms with Crippen LogP contribution in [0, 0.1) is 17.3 Å². The summed E-state index contributed by atoms with van der Waals surface area (Å²) in [5, 5.41) is 11.0. The summed E-state index contributed by atoms with van der Waals surface area (Å²) in [6, 6.07) is 0. The van der Waals surface area contributed by atoms with E-state index in [2.05, 4.69) is 26.1 Å². The van der Waals surface area contributed by atoms with E-state index < -0.39 is 5.97 Å². The molecule has 1 saturated carbocycles. The number of nitrogens with one attached hydrogen (secondary N) is 1. The zero-order valence-electron chi connectivity index (χ0n) is 11.0. The molecule has 2 unspecified atom stereocenters. The van der Waals surface area contributed by atoms with Gasteiger partial charge in [-0.25, -0.2) is 0 Å². The lowest BCUT2D eigenvalue weighted by atomic mass is 9.65. The molecule has 0 aromatic rings. The molecule has 0 aliphatic heterocycles. The highest BCUT2D eigenvalue weighted by molar-refractivity contribution is 5.83. The standard InChI is InChI=1S/C13H23NO3/c1-9(2)13(3)6-4-5-10(7-13)12(17)14-8-11(15)16/h9-10H,4-8H2,1-3H3,(H,14,17)(H,15,16). The Bertz CT molecular complexity index is 301. The molecule has 0 aromatic carbocycles. The largest absolute Gasteiger partial charge is 0.480 e. The van der Waals surface area contributed by atoms with E-state index in [9.17, 15) is 9.59 Å². The Kier molecular flexibility index (Phi) is 4.54. The normalized spacial score (nSPS) is 29.1.